The molecule has 36 heavy (non-hydrogen) atoms. The van der Waals surface area contributed by atoms with Crippen molar-refractivity contribution >= 4 is 39.2 Å². The Morgan fingerprint density at radius 1 is 0.583 bits per heavy atom. The minimum absolute atomic E-state index is 0. The van der Waals surface area contributed by atoms with E-state index in [0.717, 1.165) is 21.8 Å². The normalized spacial score (nSPS) is 10.9. The van der Waals surface area contributed by atoms with E-state index < -0.39 is 0 Å². The third kappa shape index (κ3) is 17.7. The van der Waals surface area contributed by atoms with Gasteiger partial charge in [0, 0.05) is 90.8 Å². The number of nitrogens with zero attached hydrogens (tertiary/aromatic N) is 2. The second kappa shape index (κ2) is 19.4. The molecule has 3 rings (SSSR count). The summed E-state index contributed by atoms with van der Waals surface area (Å²) < 4.78 is 0. The van der Waals surface area contributed by atoms with Gasteiger partial charge in [-0.3, -0.25) is 24.4 Å². The molecule has 0 atom stereocenters. The van der Waals surface area contributed by atoms with Crippen LogP contribution in [0.5, 0.6) is 0 Å². The quantitative estimate of drug-likeness (QED) is 0.185. The standard InChI is InChI=1S/C12H8N2.3C5H8O2.Eu/c1-3-9-5-6-10-4-2-8-14-12(10)11(9)13-7-1;3*1-4(6)3-5(2)7;/h1-8H;3*3,6H,1-2H3;/b;3*4-3-;. The molecule has 2 aromatic heterocycles. The molecule has 0 unspecified atom stereocenters. The summed E-state index contributed by atoms with van der Waals surface area (Å²) in [6, 6.07) is 12.1. The van der Waals surface area contributed by atoms with Crippen molar-refractivity contribution in [1.82, 2.24) is 9.97 Å². The third-order valence-corrected chi connectivity index (χ3v) is 3.58. The number of aliphatic hydroxyl groups is 3. The maximum absolute atomic E-state index is 10.0. The molecule has 1 aromatic carbocycles. The van der Waals surface area contributed by atoms with Crippen LogP contribution in [-0.2, 0) is 14.4 Å². The molecule has 3 N–H and O–H groups in total. The summed E-state index contributed by atoms with van der Waals surface area (Å²) in [5.41, 5.74) is 1.95. The topological polar surface area (TPSA) is 138 Å². The maximum Gasteiger partial charge on any atom is 0.155 e. The third-order valence-electron chi connectivity index (χ3n) is 3.58. The fourth-order valence-corrected chi connectivity index (χ4v) is 2.56. The number of benzene rings is 1. The van der Waals surface area contributed by atoms with E-state index >= 15 is 0 Å². The monoisotopic (exact) mass is 633 g/mol. The number of aromatic nitrogens is 2. The van der Waals surface area contributed by atoms with Crippen molar-refractivity contribution in [2.45, 2.75) is 41.5 Å². The van der Waals surface area contributed by atoms with Gasteiger partial charge < -0.3 is 15.3 Å². The number of allylic oxidation sites excluding steroid dienone is 6. The summed E-state index contributed by atoms with van der Waals surface area (Å²) in [5.74, 6) is -0.187. The van der Waals surface area contributed by atoms with E-state index in [1.54, 1.807) is 12.4 Å². The van der Waals surface area contributed by atoms with E-state index in [2.05, 4.69) is 34.2 Å². The van der Waals surface area contributed by atoms with Gasteiger partial charge in [0.05, 0.1) is 28.3 Å². The van der Waals surface area contributed by atoms with Gasteiger partial charge in [-0.2, -0.15) is 0 Å². The first-order valence-electron chi connectivity index (χ1n) is 10.6. The fraction of sp³-hybridized carbons (Fsp3) is 0.222. The van der Waals surface area contributed by atoms with Crippen molar-refractivity contribution in [1.29, 1.82) is 0 Å². The maximum atomic E-state index is 10.0. The summed E-state index contributed by atoms with van der Waals surface area (Å²) in [4.78, 5) is 38.7. The van der Waals surface area contributed by atoms with Crippen LogP contribution in [0.4, 0.5) is 0 Å². The molecule has 8 nitrogen and oxygen atoms in total. The molecule has 0 aliphatic rings. The summed E-state index contributed by atoms with van der Waals surface area (Å²) in [7, 11) is 0. The van der Waals surface area contributed by atoms with Gasteiger partial charge in [0.15, 0.2) is 17.3 Å². The molecule has 0 bridgehead atoms. The first kappa shape index (κ1) is 35.4. The molecule has 0 fully saturated rings. The fourth-order valence-electron chi connectivity index (χ4n) is 2.56. The van der Waals surface area contributed by atoms with Crippen LogP contribution in [0.3, 0.4) is 0 Å². The predicted molar refractivity (Wildman–Crippen MR) is 138 cm³/mol. The Morgan fingerprint density at radius 2 is 0.861 bits per heavy atom. The van der Waals surface area contributed by atoms with Gasteiger partial charge in [-0.15, -0.1) is 0 Å². The Morgan fingerprint density at radius 3 is 1.06 bits per heavy atom. The Labute approximate surface area is 252 Å². The SMILES string of the molecule is CC(=O)/C=C(/C)O.CC(=O)/C=C(/C)O.CC(=O)/C=C(/C)O.[Eu].c1cnc2c(c1)ccc1cccnc12. The smallest absolute Gasteiger partial charge is 0.155 e. The molecule has 0 aliphatic heterocycles. The molecule has 2 heterocycles. The number of hydrogen-bond donors (Lipinski definition) is 3. The zero-order valence-corrected chi connectivity index (χ0v) is 23.6. The largest absolute Gasteiger partial charge is 0.512 e. The predicted octanol–water partition coefficient (Wildman–Crippen LogP) is 5.89. The molecule has 0 aliphatic carbocycles. The number of fused-ring (bicyclic) bond motifs is 3. The second-order valence-corrected chi connectivity index (χ2v) is 7.40. The average Bonchev–Trinajstić information content (AvgIpc) is 2.72. The molecule has 193 valence electrons. The van der Waals surface area contributed by atoms with Crippen LogP contribution in [0, 0.1) is 49.4 Å². The Bertz CT molecular complexity index is 1120. The van der Waals surface area contributed by atoms with Crippen LogP contribution in [0.1, 0.15) is 41.5 Å². The van der Waals surface area contributed by atoms with Crippen LogP contribution in [0.15, 0.2) is 84.3 Å². The molecule has 0 saturated carbocycles. The van der Waals surface area contributed by atoms with Crippen molar-refractivity contribution in [2.75, 3.05) is 0 Å². The van der Waals surface area contributed by atoms with Gasteiger partial charge >= 0.3 is 0 Å². The van der Waals surface area contributed by atoms with Gasteiger partial charge in [0.1, 0.15) is 0 Å². The van der Waals surface area contributed by atoms with E-state index in [0.29, 0.717) is 0 Å². The van der Waals surface area contributed by atoms with Gasteiger partial charge in [-0.05, 0) is 53.7 Å². The zero-order valence-electron chi connectivity index (χ0n) is 21.2. The number of carbonyl (C=O) groups excluding carboxylic acids is 3. The molecule has 0 amide bonds. The molecule has 3 aromatic rings. The van der Waals surface area contributed by atoms with E-state index in [9.17, 15) is 14.4 Å². The van der Waals surface area contributed by atoms with Gasteiger partial charge in [0.25, 0.3) is 0 Å². The summed E-state index contributed by atoms with van der Waals surface area (Å²) in [6.07, 6.45) is 7.10. The first-order valence-corrected chi connectivity index (χ1v) is 10.6. The van der Waals surface area contributed by atoms with E-state index in [1.165, 1.54) is 59.8 Å². The van der Waals surface area contributed by atoms with Gasteiger partial charge in [-0.1, -0.05) is 24.3 Å². The van der Waals surface area contributed by atoms with E-state index in [4.69, 9.17) is 15.3 Å². The first-order chi connectivity index (χ1) is 16.3. The summed E-state index contributed by atoms with van der Waals surface area (Å²) in [5, 5.41) is 27.4. The molecule has 0 saturated heterocycles. The summed E-state index contributed by atoms with van der Waals surface area (Å²) >= 11 is 0. The van der Waals surface area contributed by atoms with Crippen molar-refractivity contribution < 1.29 is 79.1 Å². The molecule has 1 radical (unpaired) electrons. The Balaban J connectivity index is 0. The molecule has 9 heteroatoms. The molecular weight excluding hydrogens is 600 g/mol. The van der Waals surface area contributed by atoms with Crippen molar-refractivity contribution in [3.05, 3.63) is 84.3 Å². The number of rotatable bonds is 3. The Hall–Kier alpha value is -2.75. The van der Waals surface area contributed by atoms with Gasteiger partial charge in [-0.25, -0.2) is 0 Å². The second-order valence-electron chi connectivity index (χ2n) is 7.40. The van der Waals surface area contributed by atoms with E-state index in [1.807, 2.05) is 12.1 Å². The number of pyridine rings is 2. The Kier molecular flexibility index (Phi) is 19.1. The average molecular weight is 633 g/mol. The van der Waals surface area contributed by atoms with Crippen LogP contribution < -0.4 is 0 Å². The molecular formula is C27H32EuN2O6. The number of hydrogen-bond acceptors (Lipinski definition) is 8. The van der Waals surface area contributed by atoms with Crippen molar-refractivity contribution in [3.8, 4) is 0 Å². The van der Waals surface area contributed by atoms with Crippen molar-refractivity contribution in [2.24, 2.45) is 0 Å². The number of ketones is 3. The molecule has 0 spiro atoms. The van der Waals surface area contributed by atoms with Crippen LogP contribution in [0.2, 0.25) is 0 Å². The minimum atomic E-state index is -0.125. The zero-order chi connectivity index (χ0) is 27.0. The number of carbonyl (C=O) groups is 3. The van der Waals surface area contributed by atoms with Crippen molar-refractivity contribution in [3.63, 3.8) is 0 Å². The summed E-state index contributed by atoms with van der Waals surface area (Å²) in [6.45, 7) is 8.54. The van der Waals surface area contributed by atoms with E-state index in [-0.39, 0.29) is 84.0 Å². The van der Waals surface area contributed by atoms with Gasteiger partial charge in [0.2, 0.25) is 0 Å². The minimum Gasteiger partial charge on any atom is -0.512 e. The number of aliphatic hydroxyl groups excluding tert-OH is 3. The van der Waals surface area contributed by atoms with Crippen LogP contribution in [0.25, 0.3) is 21.8 Å². The van der Waals surface area contributed by atoms with Crippen LogP contribution >= 0.6 is 0 Å². The van der Waals surface area contributed by atoms with Crippen LogP contribution in [-0.4, -0.2) is 42.6 Å².